The lowest BCUT2D eigenvalue weighted by molar-refractivity contribution is -0.139. The van der Waals surface area contributed by atoms with E-state index in [1.807, 2.05) is 20.0 Å². The second kappa shape index (κ2) is 4.72. The van der Waals surface area contributed by atoms with Gasteiger partial charge in [0.1, 0.15) is 5.82 Å². The summed E-state index contributed by atoms with van der Waals surface area (Å²) in [4.78, 5) is 15.3. The number of nitrogens with zero attached hydrogens (tertiary/aromatic N) is 3. The Kier molecular flexibility index (Phi) is 3.60. The fraction of sp³-hybridized carbons (Fsp3) is 0.500. The Morgan fingerprint density at radius 3 is 2.80 bits per heavy atom. The second-order valence-corrected chi connectivity index (χ2v) is 3.37. The summed E-state index contributed by atoms with van der Waals surface area (Å²) >= 11 is 0. The van der Waals surface area contributed by atoms with Gasteiger partial charge in [-0.3, -0.25) is 9.48 Å². The van der Waals surface area contributed by atoms with Gasteiger partial charge in [0.2, 0.25) is 0 Å². The zero-order valence-corrected chi connectivity index (χ0v) is 9.44. The average Bonchev–Trinajstić information content (AvgIpc) is 2.44. The molecular formula is C10H15N3O2. The van der Waals surface area contributed by atoms with E-state index in [1.165, 1.54) is 7.11 Å². The van der Waals surface area contributed by atoms with Crippen molar-refractivity contribution in [2.45, 2.75) is 20.3 Å². The summed E-state index contributed by atoms with van der Waals surface area (Å²) in [6.45, 7) is 3.69. The van der Waals surface area contributed by atoms with Crippen molar-refractivity contribution in [2.75, 3.05) is 7.11 Å². The monoisotopic (exact) mass is 209 g/mol. The Morgan fingerprint density at radius 2 is 2.33 bits per heavy atom. The van der Waals surface area contributed by atoms with Crippen molar-refractivity contribution in [3.63, 3.8) is 0 Å². The quantitative estimate of drug-likeness (QED) is 0.558. The van der Waals surface area contributed by atoms with E-state index in [4.69, 9.17) is 0 Å². The highest BCUT2D eigenvalue weighted by Crippen LogP contribution is 2.13. The summed E-state index contributed by atoms with van der Waals surface area (Å²) in [5.74, 6) is 0.462. The number of aliphatic imine (C=N–C) groups is 1. The van der Waals surface area contributed by atoms with Crippen molar-refractivity contribution in [1.82, 2.24) is 9.78 Å². The van der Waals surface area contributed by atoms with Crippen LogP contribution in [0.15, 0.2) is 11.1 Å². The van der Waals surface area contributed by atoms with Crippen molar-refractivity contribution in [3.05, 3.63) is 11.8 Å². The minimum Gasteiger partial charge on any atom is -0.469 e. The molecule has 0 amide bonds. The van der Waals surface area contributed by atoms with Crippen molar-refractivity contribution in [2.24, 2.45) is 12.0 Å². The van der Waals surface area contributed by atoms with Gasteiger partial charge in [0.25, 0.3) is 0 Å². The molecule has 1 aromatic rings. The summed E-state index contributed by atoms with van der Waals surface area (Å²) in [6, 6.07) is 1.86. The normalized spacial score (nSPS) is 11.6. The number of rotatable bonds is 3. The lowest BCUT2D eigenvalue weighted by Gasteiger charge is -1.99. The maximum absolute atomic E-state index is 11.0. The molecule has 0 bridgehead atoms. The molecule has 5 heteroatoms. The van der Waals surface area contributed by atoms with Crippen molar-refractivity contribution < 1.29 is 9.53 Å². The van der Waals surface area contributed by atoms with Crippen LogP contribution in [0.2, 0.25) is 0 Å². The highest BCUT2D eigenvalue weighted by molar-refractivity contribution is 5.98. The number of aromatic nitrogens is 2. The largest absolute Gasteiger partial charge is 0.469 e. The molecule has 0 saturated carbocycles. The van der Waals surface area contributed by atoms with Crippen LogP contribution in [0.5, 0.6) is 0 Å². The first-order valence-corrected chi connectivity index (χ1v) is 4.64. The SMILES string of the molecule is COC(=O)C/C(C)=N/c1cc(C)nn1C. The molecule has 0 fully saturated rings. The van der Waals surface area contributed by atoms with Gasteiger partial charge in [0.05, 0.1) is 19.2 Å². The average molecular weight is 209 g/mol. The van der Waals surface area contributed by atoms with Crippen LogP contribution in [0.25, 0.3) is 0 Å². The van der Waals surface area contributed by atoms with Crippen LogP contribution in [-0.4, -0.2) is 28.6 Å². The molecule has 0 aliphatic heterocycles. The van der Waals surface area contributed by atoms with E-state index in [0.29, 0.717) is 5.71 Å². The van der Waals surface area contributed by atoms with Gasteiger partial charge in [-0.1, -0.05) is 0 Å². The minimum absolute atomic E-state index is 0.209. The summed E-state index contributed by atoms with van der Waals surface area (Å²) in [6.07, 6.45) is 0.209. The van der Waals surface area contributed by atoms with E-state index < -0.39 is 0 Å². The van der Waals surface area contributed by atoms with Crippen molar-refractivity contribution >= 4 is 17.5 Å². The van der Waals surface area contributed by atoms with Gasteiger partial charge in [0, 0.05) is 18.8 Å². The number of ether oxygens (including phenoxy) is 1. The fourth-order valence-corrected chi connectivity index (χ4v) is 1.22. The van der Waals surface area contributed by atoms with Crippen LogP contribution in [0.1, 0.15) is 19.0 Å². The van der Waals surface area contributed by atoms with Gasteiger partial charge < -0.3 is 4.74 Å². The first-order chi connectivity index (χ1) is 7.02. The third kappa shape index (κ3) is 3.19. The molecule has 0 spiro atoms. The van der Waals surface area contributed by atoms with Crippen LogP contribution in [0.4, 0.5) is 5.82 Å². The number of hydrogen-bond acceptors (Lipinski definition) is 4. The third-order valence-corrected chi connectivity index (χ3v) is 1.91. The molecule has 0 radical (unpaired) electrons. The molecule has 0 N–H and O–H groups in total. The topological polar surface area (TPSA) is 56.5 Å². The predicted molar refractivity (Wildman–Crippen MR) is 57.3 cm³/mol. The summed E-state index contributed by atoms with van der Waals surface area (Å²) in [5.41, 5.74) is 1.62. The Morgan fingerprint density at radius 1 is 1.67 bits per heavy atom. The minimum atomic E-state index is -0.282. The molecule has 5 nitrogen and oxygen atoms in total. The second-order valence-electron chi connectivity index (χ2n) is 3.37. The van der Waals surface area contributed by atoms with Crippen LogP contribution in [-0.2, 0) is 16.6 Å². The number of hydrogen-bond donors (Lipinski definition) is 0. The van der Waals surface area contributed by atoms with Crippen LogP contribution >= 0.6 is 0 Å². The van der Waals surface area contributed by atoms with Crippen LogP contribution in [0, 0.1) is 6.92 Å². The van der Waals surface area contributed by atoms with Gasteiger partial charge in [-0.05, 0) is 13.8 Å². The molecule has 1 rings (SSSR count). The fourth-order valence-electron chi connectivity index (χ4n) is 1.22. The molecular weight excluding hydrogens is 194 g/mol. The standard InChI is InChI=1S/C10H15N3O2/c1-7(6-10(14)15-4)11-9-5-8(2)12-13(9)3/h5H,6H2,1-4H3/b11-7+. The van der Waals surface area contributed by atoms with Crippen molar-refractivity contribution in [3.8, 4) is 0 Å². The molecule has 0 aromatic carbocycles. The van der Waals surface area contributed by atoms with E-state index in [9.17, 15) is 4.79 Å². The molecule has 1 aromatic heterocycles. The Bertz CT molecular complexity index is 393. The summed E-state index contributed by atoms with van der Waals surface area (Å²) in [5, 5.41) is 4.16. The molecule has 0 atom stereocenters. The highest BCUT2D eigenvalue weighted by Gasteiger charge is 2.05. The third-order valence-electron chi connectivity index (χ3n) is 1.91. The van der Waals surface area contributed by atoms with E-state index in [2.05, 4.69) is 14.8 Å². The number of esters is 1. The summed E-state index contributed by atoms with van der Waals surface area (Å²) < 4.78 is 6.23. The highest BCUT2D eigenvalue weighted by atomic mass is 16.5. The van der Waals surface area contributed by atoms with Crippen molar-refractivity contribution in [1.29, 1.82) is 0 Å². The predicted octanol–water partition coefficient (Wildman–Crippen LogP) is 1.38. The maximum Gasteiger partial charge on any atom is 0.311 e. The van der Waals surface area contributed by atoms with Gasteiger partial charge in [-0.15, -0.1) is 0 Å². The Hall–Kier alpha value is -1.65. The maximum atomic E-state index is 11.0. The van der Waals surface area contributed by atoms with Crippen LogP contribution < -0.4 is 0 Å². The number of carbonyl (C=O) groups is 1. The zero-order chi connectivity index (χ0) is 11.4. The van der Waals surface area contributed by atoms with Gasteiger partial charge in [0.15, 0.2) is 0 Å². The molecule has 15 heavy (non-hydrogen) atoms. The molecule has 0 aliphatic carbocycles. The molecule has 0 aliphatic rings. The smallest absolute Gasteiger partial charge is 0.311 e. The van der Waals surface area contributed by atoms with Gasteiger partial charge in [-0.2, -0.15) is 5.10 Å². The van der Waals surface area contributed by atoms with E-state index >= 15 is 0 Å². The lowest BCUT2D eigenvalue weighted by atomic mass is 10.3. The first kappa shape index (κ1) is 11.4. The van der Waals surface area contributed by atoms with E-state index in [1.54, 1.807) is 11.6 Å². The Balaban J connectivity index is 2.78. The Labute approximate surface area is 88.8 Å². The lowest BCUT2D eigenvalue weighted by Crippen LogP contribution is -2.06. The van der Waals surface area contributed by atoms with E-state index in [0.717, 1.165) is 11.5 Å². The van der Waals surface area contributed by atoms with E-state index in [-0.39, 0.29) is 12.4 Å². The number of aryl methyl sites for hydroxylation is 2. The van der Waals surface area contributed by atoms with Gasteiger partial charge >= 0.3 is 5.97 Å². The number of methoxy groups -OCH3 is 1. The van der Waals surface area contributed by atoms with Crippen LogP contribution in [0.3, 0.4) is 0 Å². The zero-order valence-electron chi connectivity index (χ0n) is 9.44. The molecule has 82 valence electrons. The molecule has 0 saturated heterocycles. The molecule has 1 heterocycles. The summed E-state index contributed by atoms with van der Waals surface area (Å²) in [7, 11) is 3.18. The van der Waals surface area contributed by atoms with Gasteiger partial charge in [-0.25, -0.2) is 4.99 Å². The first-order valence-electron chi connectivity index (χ1n) is 4.64. The number of carbonyl (C=O) groups excluding carboxylic acids is 1. The molecule has 0 unspecified atom stereocenters.